The van der Waals surface area contributed by atoms with Crippen LogP contribution in [0.1, 0.15) is 46.6 Å². The van der Waals surface area contributed by atoms with Crippen molar-refractivity contribution in [3.8, 4) is 0 Å². The van der Waals surface area contributed by atoms with Crippen LogP contribution in [0, 0.1) is 5.41 Å². The fourth-order valence-electron chi connectivity index (χ4n) is 2.49. The molecule has 0 unspecified atom stereocenters. The number of hydrogen-bond acceptors (Lipinski definition) is 2. The minimum Gasteiger partial charge on any atom is -0.274 e. The first kappa shape index (κ1) is 16.2. The molecule has 0 saturated carbocycles. The van der Waals surface area contributed by atoms with Crippen molar-refractivity contribution >= 4 is 11.8 Å². The Morgan fingerprint density at radius 3 is 2.05 bits per heavy atom. The second kappa shape index (κ2) is 6.07. The second-order valence-electron chi connectivity index (χ2n) is 6.45. The van der Waals surface area contributed by atoms with Gasteiger partial charge in [0.25, 0.3) is 0 Å². The topological polar surface area (TPSA) is 58.2 Å². The molecule has 0 spiro atoms. The molecule has 4 heteroatoms. The fourth-order valence-corrected chi connectivity index (χ4v) is 2.49. The predicted octanol–water partition coefficient (Wildman–Crippen LogP) is 2.55. The normalized spacial score (nSPS) is 11.8. The average molecular weight is 276 g/mol. The molecule has 0 radical (unpaired) electrons. The summed E-state index contributed by atoms with van der Waals surface area (Å²) < 4.78 is 0. The smallest absolute Gasteiger partial charge is 0.244 e. The second-order valence-corrected chi connectivity index (χ2v) is 6.45. The van der Waals surface area contributed by atoms with Gasteiger partial charge in [-0.3, -0.25) is 20.4 Å². The Morgan fingerprint density at radius 2 is 1.55 bits per heavy atom. The summed E-state index contributed by atoms with van der Waals surface area (Å²) in [5.41, 5.74) is 5.28. The Balaban J connectivity index is 2.79. The number of carbonyl (C=O) groups is 2. The van der Waals surface area contributed by atoms with E-state index in [1.807, 2.05) is 32.0 Å². The first-order valence-electron chi connectivity index (χ1n) is 6.78. The molecule has 4 nitrogen and oxygen atoms in total. The Kier molecular flexibility index (Phi) is 4.93. The number of amides is 2. The molecule has 0 bridgehead atoms. The lowest BCUT2D eigenvalue weighted by atomic mass is 9.71. The van der Waals surface area contributed by atoms with Gasteiger partial charge in [0.15, 0.2) is 0 Å². The number of rotatable bonds is 4. The summed E-state index contributed by atoms with van der Waals surface area (Å²) in [6.45, 7) is 9.37. The van der Waals surface area contributed by atoms with Crippen molar-refractivity contribution in [2.24, 2.45) is 5.41 Å². The molecule has 110 valence electrons. The molecule has 0 fully saturated rings. The summed E-state index contributed by atoms with van der Waals surface area (Å²) in [6.07, 6.45) is 0.676. The van der Waals surface area contributed by atoms with Crippen molar-refractivity contribution in [3.63, 3.8) is 0 Å². The molecule has 20 heavy (non-hydrogen) atoms. The van der Waals surface area contributed by atoms with Crippen molar-refractivity contribution in [2.45, 2.75) is 46.5 Å². The molecular formula is C16H24N2O2. The Bertz CT molecular complexity index is 479. The third-order valence-corrected chi connectivity index (χ3v) is 3.41. The third kappa shape index (κ3) is 4.37. The van der Waals surface area contributed by atoms with E-state index in [1.54, 1.807) is 0 Å². The van der Waals surface area contributed by atoms with Crippen molar-refractivity contribution in [1.29, 1.82) is 0 Å². The lowest BCUT2D eigenvalue weighted by molar-refractivity contribution is -0.134. The molecule has 0 heterocycles. The van der Waals surface area contributed by atoms with Crippen molar-refractivity contribution in [3.05, 3.63) is 35.9 Å². The third-order valence-electron chi connectivity index (χ3n) is 3.41. The van der Waals surface area contributed by atoms with Crippen LogP contribution in [-0.2, 0) is 15.0 Å². The van der Waals surface area contributed by atoms with Crippen LogP contribution in [0.4, 0.5) is 0 Å². The first-order chi connectivity index (χ1) is 9.15. The van der Waals surface area contributed by atoms with Gasteiger partial charge in [-0.05, 0) is 17.4 Å². The minimum absolute atomic E-state index is 0.127. The van der Waals surface area contributed by atoms with Crippen LogP contribution >= 0.6 is 0 Å². The van der Waals surface area contributed by atoms with Gasteiger partial charge in [-0.2, -0.15) is 0 Å². The van der Waals surface area contributed by atoms with Gasteiger partial charge in [0.1, 0.15) is 0 Å². The summed E-state index contributed by atoms with van der Waals surface area (Å²) in [5, 5.41) is 0. The molecular weight excluding hydrogens is 252 g/mol. The zero-order valence-corrected chi connectivity index (χ0v) is 12.9. The molecule has 0 aliphatic rings. The van der Waals surface area contributed by atoms with Crippen LogP contribution < -0.4 is 10.9 Å². The van der Waals surface area contributed by atoms with E-state index in [4.69, 9.17) is 0 Å². The van der Waals surface area contributed by atoms with Gasteiger partial charge in [-0.25, -0.2) is 0 Å². The van der Waals surface area contributed by atoms with E-state index < -0.39 is 5.41 Å². The highest BCUT2D eigenvalue weighted by Crippen LogP contribution is 2.36. The van der Waals surface area contributed by atoms with E-state index in [2.05, 4.69) is 36.8 Å². The minimum atomic E-state index is -0.582. The van der Waals surface area contributed by atoms with Crippen molar-refractivity contribution in [2.75, 3.05) is 0 Å². The lowest BCUT2D eigenvalue weighted by Gasteiger charge is -2.34. The average Bonchev–Trinajstić information content (AvgIpc) is 2.35. The van der Waals surface area contributed by atoms with E-state index in [9.17, 15) is 9.59 Å². The van der Waals surface area contributed by atoms with Gasteiger partial charge < -0.3 is 0 Å². The summed E-state index contributed by atoms with van der Waals surface area (Å²) in [7, 11) is 0. The van der Waals surface area contributed by atoms with Gasteiger partial charge in [0.05, 0.1) is 0 Å². The maximum Gasteiger partial charge on any atom is 0.244 e. The maximum absolute atomic E-state index is 12.2. The Labute approximate surface area is 120 Å². The maximum atomic E-state index is 12.2. The number of hydrogen-bond donors (Lipinski definition) is 2. The molecule has 0 atom stereocenters. The first-order valence-corrected chi connectivity index (χ1v) is 6.78. The standard InChI is InChI=1S/C16H24N2O2/c1-12(19)17-18-14(20)16(4,5)11-15(2,3)13-9-7-6-8-10-13/h6-10H,11H2,1-5H3,(H,17,19)(H,18,20). The highest BCUT2D eigenvalue weighted by Gasteiger charge is 2.35. The highest BCUT2D eigenvalue weighted by atomic mass is 16.2. The van der Waals surface area contributed by atoms with Crippen molar-refractivity contribution in [1.82, 2.24) is 10.9 Å². The molecule has 2 N–H and O–H groups in total. The summed E-state index contributed by atoms with van der Waals surface area (Å²) in [5.74, 6) is -0.465. The molecule has 0 saturated heterocycles. The van der Waals surface area contributed by atoms with E-state index >= 15 is 0 Å². The molecule has 1 rings (SSSR count). The number of hydrazine groups is 1. The van der Waals surface area contributed by atoms with E-state index in [1.165, 1.54) is 12.5 Å². The van der Waals surface area contributed by atoms with Crippen LogP contribution in [0.5, 0.6) is 0 Å². The molecule has 2 amide bonds. The SMILES string of the molecule is CC(=O)NNC(=O)C(C)(C)CC(C)(C)c1ccccc1. The van der Waals surface area contributed by atoms with Gasteiger partial charge in [0.2, 0.25) is 11.8 Å². The monoisotopic (exact) mass is 276 g/mol. The molecule has 1 aromatic carbocycles. The zero-order chi connectivity index (χ0) is 15.4. The van der Waals surface area contributed by atoms with E-state index in [-0.39, 0.29) is 17.2 Å². The molecule has 0 aliphatic carbocycles. The van der Waals surface area contributed by atoms with Gasteiger partial charge in [-0.1, -0.05) is 58.0 Å². The van der Waals surface area contributed by atoms with Gasteiger partial charge in [-0.15, -0.1) is 0 Å². The lowest BCUT2D eigenvalue weighted by Crippen LogP contribution is -2.48. The van der Waals surface area contributed by atoms with Gasteiger partial charge >= 0.3 is 0 Å². The summed E-state index contributed by atoms with van der Waals surface area (Å²) in [4.78, 5) is 23.0. The van der Waals surface area contributed by atoms with Crippen LogP contribution in [0.15, 0.2) is 30.3 Å². The summed E-state index contributed by atoms with van der Waals surface area (Å²) >= 11 is 0. The van der Waals surface area contributed by atoms with E-state index in [0.29, 0.717) is 6.42 Å². The van der Waals surface area contributed by atoms with E-state index in [0.717, 1.165) is 0 Å². The quantitative estimate of drug-likeness (QED) is 0.830. The zero-order valence-electron chi connectivity index (χ0n) is 12.9. The van der Waals surface area contributed by atoms with Crippen LogP contribution in [0.2, 0.25) is 0 Å². The predicted molar refractivity (Wildman–Crippen MR) is 79.8 cm³/mol. The highest BCUT2D eigenvalue weighted by molar-refractivity contribution is 5.84. The van der Waals surface area contributed by atoms with Crippen LogP contribution in [0.3, 0.4) is 0 Å². The van der Waals surface area contributed by atoms with Crippen LogP contribution in [-0.4, -0.2) is 11.8 Å². The molecule has 1 aromatic rings. The number of benzene rings is 1. The largest absolute Gasteiger partial charge is 0.274 e. The molecule has 0 aliphatic heterocycles. The Hall–Kier alpha value is -1.84. The molecule has 0 aromatic heterocycles. The Morgan fingerprint density at radius 1 is 1.00 bits per heavy atom. The van der Waals surface area contributed by atoms with Crippen molar-refractivity contribution < 1.29 is 9.59 Å². The summed E-state index contributed by atoms with van der Waals surface area (Å²) in [6, 6.07) is 10.1. The number of carbonyl (C=O) groups excluding carboxylic acids is 2. The van der Waals surface area contributed by atoms with Crippen LogP contribution in [0.25, 0.3) is 0 Å². The van der Waals surface area contributed by atoms with Gasteiger partial charge in [0, 0.05) is 12.3 Å². The fraction of sp³-hybridized carbons (Fsp3) is 0.500. The number of nitrogens with one attached hydrogen (secondary N) is 2.